The topological polar surface area (TPSA) is 230 Å². The molecule has 0 aliphatic heterocycles. The summed E-state index contributed by atoms with van der Waals surface area (Å²) in [6.45, 7) is 6.27. The number of ether oxygens (including phenoxy) is 4. The molecule has 15 heteroatoms. The number of carbonyl (C=O) groups excluding carboxylic acids is 4. The second-order valence-electron chi connectivity index (χ2n) is 15.0. The van der Waals surface area contributed by atoms with Gasteiger partial charge in [0.15, 0.2) is 5.78 Å². The van der Waals surface area contributed by atoms with E-state index in [1.54, 1.807) is 0 Å². The van der Waals surface area contributed by atoms with E-state index in [0.717, 1.165) is 38.5 Å². The Bertz CT molecular complexity index is 1050. The number of ketones is 2. The van der Waals surface area contributed by atoms with Crippen molar-refractivity contribution in [2.45, 2.75) is 180 Å². The first-order valence-electron chi connectivity index (χ1n) is 22.6. The number of rotatable bonds is 44. The van der Waals surface area contributed by atoms with Gasteiger partial charge in [-0.1, -0.05) is 110 Å². The van der Waals surface area contributed by atoms with Crippen LogP contribution in [0.5, 0.6) is 0 Å². The first-order valence-corrected chi connectivity index (χ1v) is 22.6. The Balaban J connectivity index is 0. The third-order valence-corrected chi connectivity index (χ3v) is 9.34. The summed E-state index contributed by atoms with van der Waals surface area (Å²) in [7, 11) is 0. The van der Waals surface area contributed by atoms with Crippen molar-refractivity contribution >= 4 is 35.3 Å². The molecule has 0 aromatic carbocycles. The molecule has 0 bridgehead atoms. The summed E-state index contributed by atoms with van der Waals surface area (Å²) in [4.78, 5) is 67.6. The molecule has 2 amide bonds. The van der Waals surface area contributed by atoms with Crippen LogP contribution in [0.25, 0.3) is 0 Å². The fraction of sp³-hybridized carbons (Fsp3) is 0.864. The summed E-state index contributed by atoms with van der Waals surface area (Å²) in [5.74, 6) is -2.58. The number of unbranched alkanes of at least 4 members (excludes halogenated alkanes) is 17. The molecule has 15 nitrogen and oxygen atoms in total. The van der Waals surface area contributed by atoms with Gasteiger partial charge in [0.2, 0.25) is 11.8 Å². The van der Waals surface area contributed by atoms with Crippen LogP contribution < -0.4 is 16.4 Å². The number of nitrogens with two attached hydrogens (primary N) is 1. The first-order chi connectivity index (χ1) is 28.5. The number of amides is 2. The summed E-state index contributed by atoms with van der Waals surface area (Å²) in [6.07, 6.45) is 25.5. The van der Waals surface area contributed by atoms with Crippen LogP contribution in [0.15, 0.2) is 0 Å². The van der Waals surface area contributed by atoms with E-state index in [1.807, 2.05) is 0 Å². The van der Waals surface area contributed by atoms with E-state index in [-0.39, 0.29) is 63.2 Å². The van der Waals surface area contributed by atoms with Crippen molar-refractivity contribution < 1.29 is 57.9 Å². The minimum Gasteiger partial charge on any atom is -0.481 e. The number of nitrogens with one attached hydrogen (secondary N) is 2. The Hall–Kier alpha value is -2.98. The van der Waals surface area contributed by atoms with Crippen molar-refractivity contribution in [3.8, 4) is 0 Å². The molecule has 0 radical (unpaired) electrons. The number of Topliss-reactive ketones (excluding diaryl/α,β-unsaturated/α-hetero) is 2. The lowest BCUT2D eigenvalue weighted by atomic mass is 10.0. The summed E-state index contributed by atoms with van der Waals surface area (Å²) >= 11 is 0. The van der Waals surface area contributed by atoms with E-state index in [9.17, 15) is 28.8 Å². The third kappa shape index (κ3) is 49.3. The van der Waals surface area contributed by atoms with Crippen molar-refractivity contribution in [3.63, 3.8) is 0 Å². The van der Waals surface area contributed by atoms with Crippen molar-refractivity contribution in [3.05, 3.63) is 0 Å². The Morgan fingerprint density at radius 3 is 1.53 bits per heavy atom. The van der Waals surface area contributed by atoms with E-state index >= 15 is 0 Å². The van der Waals surface area contributed by atoms with Crippen LogP contribution in [0.3, 0.4) is 0 Å². The van der Waals surface area contributed by atoms with Gasteiger partial charge >= 0.3 is 11.9 Å². The number of carboxylic acid groups (broad SMARTS) is 2. The Kier molecular flexibility index (Phi) is 45.4. The van der Waals surface area contributed by atoms with Gasteiger partial charge < -0.3 is 45.5 Å². The molecule has 0 spiro atoms. The van der Waals surface area contributed by atoms with Crippen LogP contribution in [-0.2, 0) is 47.7 Å². The molecule has 0 unspecified atom stereocenters. The lowest BCUT2D eigenvalue weighted by Crippen LogP contribution is -2.39. The van der Waals surface area contributed by atoms with Gasteiger partial charge in [-0.3, -0.25) is 24.0 Å². The monoisotopic (exact) mass is 846 g/mol. The van der Waals surface area contributed by atoms with Crippen LogP contribution >= 0.6 is 0 Å². The van der Waals surface area contributed by atoms with Crippen molar-refractivity contribution in [1.82, 2.24) is 10.6 Å². The molecule has 6 N–H and O–H groups in total. The van der Waals surface area contributed by atoms with Crippen molar-refractivity contribution in [2.24, 2.45) is 5.73 Å². The normalized spacial score (nSPS) is 11.4. The Labute approximate surface area is 355 Å². The lowest BCUT2D eigenvalue weighted by molar-refractivity contribution is -0.142. The van der Waals surface area contributed by atoms with E-state index in [1.165, 1.54) is 90.4 Å². The molecule has 0 aromatic heterocycles. The smallest absolute Gasteiger partial charge is 0.326 e. The fourth-order valence-electron chi connectivity index (χ4n) is 5.95. The predicted molar refractivity (Wildman–Crippen MR) is 229 cm³/mol. The average molecular weight is 846 g/mol. The van der Waals surface area contributed by atoms with E-state index in [4.69, 9.17) is 34.9 Å². The zero-order valence-corrected chi connectivity index (χ0v) is 36.9. The third-order valence-electron chi connectivity index (χ3n) is 9.34. The molecule has 346 valence electrons. The van der Waals surface area contributed by atoms with Crippen LogP contribution in [-0.4, -0.2) is 118 Å². The van der Waals surface area contributed by atoms with Gasteiger partial charge in [0.05, 0.1) is 33.0 Å². The second-order valence-corrected chi connectivity index (χ2v) is 15.0. The van der Waals surface area contributed by atoms with Crippen LogP contribution in [0, 0.1) is 0 Å². The second kappa shape index (κ2) is 46.1. The van der Waals surface area contributed by atoms with Gasteiger partial charge in [0, 0.05) is 45.8 Å². The zero-order valence-electron chi connectivity index (χ0n) is 36.9. The van der Waals surface area contributed by atoms with Gasteiger partial charge in [-0.2, -0.15) is 0 Å². The molecule has 0 fully saturated rings. The fourth-order valence-corrected chi connectivity index (χ4v) is 5.95. The maximum absolute atomic E-state index is 11.9. The Morgan fingerprint density at radius 2 is 1.00 bits per heavy atom. The number of hydrogen-bond donors (Lipinski definition) is 5. The number of carboxylic acids is 2. The highest BCUT2D eigenvalue weighted by Gasteiger charge is 2.19. The minimum atomic E-state index is -1.17. The maximum Gasteiger partial charge on any atom is 0.326 e. The highest BCUT2D eigenvalue weighted by Crippen LogP contribution is 2.14. The molecule has 0 saturated heterocycles. The van der Waals surface area contributed by atoms with Crippen LogP contribution in [0.4, 0.5) is 0 Å². The molecule has 59 heavy (non-hydrogen) atoms. The molecule has 0 aromatic rings. The largest absolute Gasteiger partial charge is 0.481 e. The molecular weight excluding hydrogens is 762 g/mol. The van der Waals surface area contributed by atoms with E-state index in [0.29, 0.717) is 58.8 Å². The maximum atomic E-state index is 11.9. The van der Waals surface area contributed by atoms with E-state index < -0.39 is 23.9 Å². The minimum absolute atomic E-state index is 0.0456. The van der Waals surface area contributed by atoms with Crippen LogP contribution in [0.1, 0.15) is 174 Å². The highest BCUT2D eigenvalue weighted by molar-refractivity contribution is 5.83. The molecule has 0 aliphatic rings. The molecule has 0 aliphatic carbocycles. The summed E-state index contributed by atoms with van der Waals surface area (Å²) in [5.41, 5.74) is 5.43. The number of carbonyl (C=O) groups is 6. The predicted octanol–water partition coefficient (Wildman–Crippen LogP) is 6.70. The SMILES string of the molecule is CC(=O)N[C@@H](CCC(=O)CCCOCCOCC(=O)NCCOCCOCC(=O)CCCCCCN)C(=O)O.CCCCCCCCCCCCCCCCCC(=O)O. The lowest BCUT2D eigenvalue weighted by Gasteiger charge is -2.12. The molecular formula is C44H83N3O12. The van der Waals surface area contributed by atoms with Crippen molar-refractivity contribution in [2.75, 3.05) is 65.9 Å². The summed E-state index contributed by atoms with van der Waals surface area (Å²) < 4.78 is 21.2. The highest BCUT2D eigenvalue weighted by atomic mass is 16.5. The quantitative estimate of drug-likeness (QED) is 0.0403. The summed E-state index contributed by atoms with van der Waals surface area (Å²) in [6, 6.07) is -1.07. The summed E-state index contributed by atoms with van der Waals surface area (Å²) in [5, 5.41) is 22.5. The van der Waals surface area contributed by atoms with Gasteiger partial charge in [-0.25, -0.2) is 4.79 Å². The van der Waals surface area contributed by atoms with Gasteiger partial charge in [-0.05, 0) is 38.6 Å². The van der Waals surface area contributed by atoms with E-state index in [2.05, 4.69) is 17.6 Å². The van der Waals surface area contributed by atoms with Crippen molar-refractivity contribution in [1.29, 1.82) is 0 Å². The molecule has 0 saturated carbocycles. The first kappa shape index (κ1) is 58.1. The molecule has 1 atom stereocenters. The number of hydrogen-bond acceptors (Lipinski definition) is 11. The zero-order chi connectivity index (χ0) is 44.0. The van der Waals surface area contributed by atoms with Crippen LogP contribution in [0.2, 0.25) is 0 Å². The van der Waals surface area contributed by atoms with Gasteiger partial charge in [0.1, 0.15) is 25.0 Å². The standard InChI is InChI=1S/C26H47N3O10.C18H36O2/c1-21(30)29-24(26(34)35)10-9-22(31)8-6-13-36-15-18-39-20-25(33)28-12-14-37-16-17-38-19-23(32)7-4-2-3-5-11-27;1-2-3-4-5-6-7-8-9-10-11-12-13-14-15-16-17-18(19)20/h24H,2-20,27H2,1H3,(H,28,33)(H,29,30)(H,34,35);2-17H2,1H3,(H,19,20)/t24-;/m0./s1. The average Bonchev–Trinajstić information content (AvgIpc) is 3.19. The Morgan fingerprint density at radius 1 is 0.525 bits per heavy atom. The molecule has 0 heterocycles. The number of aliphatic carboxylic acids is 2. The molecule has 0 rings (SSSR count). The van der Waals surface area contributed by atoms with Gasteiger partial charge in [-0.15, -0.1) is 0 Å². The van der Waals surface area contributed by atoms with Gasteiger partial charge in [0.25, 0.3) is 0 Å².